The fourth-order valence-corrected chi connectivity index (χ4v) is 7.02. The molecule has 0 aliphatic heterocycles. The number of thioether (sulfide) groups is 1. The van der Waals surface area contributed by atoms with Crippen LogP contribution in [0.15, 0.2) is 23.4 Å². The maximum Gasteiger partial charge on any atom is 0.341 e. The molecule has 1 atom stereocenters. The largest absolute Gasteiger partial charge is 0.462 e. The van der Waals surface area contributed by atoms with Gasteiger partial charge in [0.1, 0.15) is 10.8 Å². The van der Waals surface area contributed by atoms with Crippen molar-refractivity contribution < 1.29 is 23.5 Å². The second-order valence-corrected chi connectivity index (χ2v) is 13.3. The third-order valence-electron chi connectivity index (χ3n) is 7.08. The van der Waals surface area contributed by atoms with E-state index in [2.05, 4.69) is 41.6 Å². The van der Waals surface area contributed by atoms with Crippen LogP contribution in [-0.2, 0) is 36.0 Å². The van der Waals surface area contributed by atoms with Crippen LogP contribution in [0.5, 0.6) is 0 Å². The van der Waals surface area contributed by atoms with Gasteiger partial charge in [0.2, 0.25) is 5.91 Å². The Labute approximate surface area is 251 Å². The van der Waals surface area contributed by atoms with Crippen LogP contribution in [0, 0.1) is 17.2 Å². The molecule has 1 aliphatic carbocycles. The topological polar surface area (TPSA) is 115 Å². The van der Waals surface area contributed by atoms with Crippen LogP contribution in [0.2, 0.25) is 5.02 Å². The Morgan fingerprint density at radius 3 is 2.68 bits per heavy atom. The predicted octanol–water partition coefficient (Wildman–Crippen LogP) is 5.66. The highest BCUT2D eigenvalue weighted by atomic mass is 35.5. The number of esters is 1. The van der Waals surface area contributed by atoms with E-state index in [4.69, 9.17) is 16.3 Å². The number of halogens is 2. The van der Waals surface area contributed by atoms with Gasteiger partial charge in [0.05, 0.1) is 35.1 Å². The van der Waals surface area contributed by atoms with Gasteiger partial charge in [-0.25, -0.2) is 9.18 Å². The second-order valence-electron chi connectivity index (χ2n) is 10.8. The smallest absolute Gasteiger partial charge is 0.341 e. The number of nitrogens with one attached hydrogen (secondary N) is 2. The zero-order valence-electron chi connectivity index (χ0n) is 23.6. The lowest BCUT2D eigenvalue weighted by molar-refractivity contribution is -0.113. The van der Waals surface area contributed by atoms with Gasteiger partial charge in [-0.15, -0.1) is 21.5 Å². The zero-order valence-corrected chi connectivity index (χ0v) is 26.0. The number of carbonyl (C=O) groups excluding carboxylic acids is 3. The Bertz CT molecular complexity index is 1450. The molecule has 3 aromatic rings. The summed E-state index contributed by atoms with van der Waals surface area (Å²) in [5, 5.41) is 14.7. The first-order valence-corrected chi connectivity index (χ1v) is 15.4. The second kappa shape index (κ2) is 12.9. The minimum atomic E-state index is -0.720. The van der Waals surface area contributed by atoms with Gasteiger partial charge in [0.25, 0.3) is 5.91 Å². The van der Waals surface area contributed by atoms with Crippen LogP contribution >= 0.6 is 34.7 Å². The van der Waals surface area contributed by atoms with Crippen molar-refractivity contribution in [2.24, 2.45) is 18.4 Å². The molecule has 0 fully saturated rings. The first-order valence-electron chi connectivity index (χ1n) is 13.2. The standard InChI is InChI=1S/C28H33ClFN5O4S2/c1-6-39-26(38)22-16-11-10-15(28(2,3)4)12-19(16)41-25(22)32-21(36)14-40-27-34-33-20(35(27)5)13-31-24(37)23-17(29)8-7-9-18(23)30/h7-9,15H,6,10-14H2,1-5H3,(H,31,37)(H,32,36). The monoisotopic (exact) mass is 621 g/mol. The Kier molecular flexibility index (Phi) is 9.76. The number of fused-ring (bicyclic) bond motifs is 1. The molecule has 0 spiro atoms. The van der Waals surface area contributed by atoms with Crippen LogP contribution < -0.4 is 10.6 Å². The minimum absolute atomic E-state index is 0.00875. The van der Waals surface area contributed by atoms with Gasteiger partial charge in [-0.1, -0.05) is 50.2 Å². The molecule has 0 bridgehead atoms. The molecule has 9 nitrogen and oxygen atoms in total. The molecular weight excluding hydrogens is 589 g/mol. The number of anilines is 1. The van der Waals surface area contributed by atoms with Gasteiger partial charge in [0, 0.05) is 11.9 Å². The van der Waals surface area contributed by atoms with Crippen molar-refractivity contribution in [2.45, 2.75) is 58.7 Å². The summed E-state index contributed by atoms with van der Waals surface area (Å²) in [5.74, 6) is -1.17. The number of nitrogens with zero attached hydrogens (tertiary/aromatic N) is 3. The molecule has 0 radical (unpaired) electrons. The number of aromatic nitrogens is 3. The molecule has 1 aliphatic rings. The molecular formula is C28H33ClFN5O4S2. The number of thiophene rings is 1. The minimum Gasteiger partial charge on any atom is -0.462 e. The van der Waals surface area contributed by atoms with Crippen LogP contribution in [0.4, 0.5) is 9.39 Å². The molecule has 4 rings (SSSR count). The van der Waals surface area contributed by atoms with Gasteiger partial charge < -0.3 is 19.9 Å². The summed E-state index contributed by atoms with van der Waals surface area (Å²) < 4.78 is 21.0. The molecule has 41 heavy (non-hydrogen) atoms. The van der Waals surface area contributed by atoms with E-state index in [0.717, 1.165) is 35.8 Å². The Morgan fingerprint density at radius 2 is 2.00 bits per heavy atom. The number of carbonyl (C=O) groups is 3. The van der Waals surface area contributed by atoms with E-state index in [1.54, 1.807) is 18.5 Å². The lowest BCUT2D eigenvalue weighted by Gasteiger charge is -2.33. The number of amides is 2. The predicted molar refractivity (Wildman–Crippen MR) is 158 cm³/mol. The molecule has 1 aromatic carbocycles. The average molecular weight is 622 g/mol. The first-order chi connectivity index (χ1) is 19.4. The van der Waals surface area contributed by atoms with Gasteiger partial charge >= 0.3 is 5.97 Å². The number of hydrogen-bond acceptors (Lipinski definition) is 8. The molecule has 2 amide bonds. The Morgan fingerprint density at radius 1 is 1.24 bits per heavy atom. The van der Waals surface area contributed by atoms with Gasteiger partial charge in [-0.2, -0.15) is 0 Å². The fourth-order valence-electron chi connectivity index (χ4n) is 4.71. The van der Waals surface area contributed by atoms with Crippen molar-refractivity contribution in [3.8, 4) is 0 Å². The van der Waals surface area contributed by atoms with E-state index in [1.165, 1.54) is 35.2 Å². The summed E-state index contributed by atoms with van der Waals surface area (Å²) in [4.78, 5) is 39.4. The van der Waals surface area contributed by atoms with Crippen molar-refractivity contribution in [1.29, 1.82) is 0 Å². The molecule has 2 heterocycles. The van der Waals surface area contributed by atoms with E-state index < -0.39 is 17.7 Å². The lowest BCUT2D eigenvalue weighted by atomic mass is 9.72. The third kappa shape index (κ3) is 7.10. The van der Waals surface area contributed by atoms with E-state index in [-0.39, 0.29) is 40.8 Å². The number of hydrogen-bond donors (Lipinski definition) is 2. The summed E-state index contributed by atoms with van der Waals surface area (Å²) in [6, 6.07) is 4.02. The van der Waals surface area contributed by atoms with Gasteiger partial charge in [-0.05, 0) is 55.2 Å². The highest BCUT2D eigenvalue weighted by Gasteiger charge is 2.34. The van der Waals surface area contributed by atoms with Crippen LogP contribution in [0.3, 0.4) is 0 Å². The molecule has 220 valence electrons. The summed E-state index contributed by atoms with van der Waals surface area (Å²) in [6.45, 7) is 8.68. The molecule has 0 saturated carbocycles. The van der Waals surface area contributed by atoms with Crippen molar-refractivity contribution >= 4 is 57.5 Å². The van der Waals surface area contributed by atoms with E-state index in [1.807, 2.05) is 0 Å². The maximum atomic E-state index is 14.0. The Hall–Kier alpha value is -2.96. The van der Waals surface area contributed by atoms with Crippen LogP contribution in [-0.4, -0.2) is 44.9 Å². The van der Waals surface area contributed by atoms with E-state index >= 15 is 0 Å². The number of ether oxygens (including phenoxy) is 1. The normalized spacial score (nSPS) is 14.9. The lowest BCUT2D eigenvalue weighted by Crippen LogP contribution is -2.26. The summed E-state index contributed by atoms with van der Waals surface area (Å²) in [5.41, 5.74) is 1.35. The van der Waals surface area contributed by atoms with E-state index in [0.29, 0.717) is 27.5 Å². The summed E-state index contributed by atoms with van der Waals surface area (Å²) in [6.07, 6.45) is 2.61. The molecule has 2 aromatic heterocycles. The highest BCUT2D eigenvalue weighted by molar-refractivity contribution is 7.99. The summed E-state index contributed by atoms with van der Waals surface area (Å²) >= 11 is 8.58. The zero-order chi connectivity index (χ0) is 29.9. The summed E-state index contributed by atoms with van der Waals surface area (Å²) in [7, 11) is 1.70. The highest BCUT2D eigenvalue weighted by Crippen LogP contribution is 2.44. The van der Waals surface area contributed by atoms with Crippen LogP contribution in [0.1, 0.15) is 71.1 Å². The SMILES string of the molecule is CCOC(=O)c1c(NC(=O)CSc2nnc(CNC(=O)c3c(F)cccc3Cl)n2C)sc2c1CCC(C(C)(C)C)C2. The van der Waals surface area contributed by atoms with Crippen molar-refractivity contribution in [1.82, 2.24) is 20.1 Å². The Balaban J connectivity index is 1.40. The van der Waals surface area contributed by atoms with Crippen molar-refractivity contribution in [2.75, 3.05) is 17.7 Å². The van der Waals surface area contributed by atoms with Crippen molar-refractivity contribution in [3.05, 3.63) is 56.4 Å². The first kappa shape index (κ1) is 31.0. The maximum absolute atomic E-state index is 14.0. The molecule has 2 N–H and O–H groups in total. The van der Waals surface area contributed by atoms with E-state index in [9.17, 15) is 18.8 Å². The van der Waals surface area contributed by atoms with Crippen LogP contribution in [0.25, 0.3) is 0 Å². The average Bonchev–Trinajstić information content (AvgIpc) is 3.44. The van der Waals surface area contributed by atoms with Crippen molar-refractivity contribution in [3.63, 3.8) is 0 Å². The van der Waals surface area contributed by atoms with Gasteiger partial charge in [-0.3, -0.25) is 9.59 Å². The third-order valence-corrected chi connectivity index (χ3v) is 9.58. The number of rotatable bonds is 9. The molecule has 13 heteroatoms. The quantitative estimate of drug-likeness (QED) is 0.234. The van der Waals surface area contributed by atoms with Gasteiger partial charge in [0.15, 0.2) is 11.0 Å². The number of benzene rings is 1. The fraction of sp³-hybridized carbons (Fsp3) is 0.464. The molecule has 0 saturated heterocycles. The molecule has 1 unspecified atom stereocenters.